The van der Waals surface area contributed by atoms with Crippen molar-refractivity contribution in [1.82, 2.24) is 5.32 Å². The maximum absolute atomic E-state index is 6.29. The van der Waals surface area contributed by atoms with Gasteiger partial charge in [0.25, 0.3) is 0 Å². The zero-order valence-electron chi connectivity index (χ0n) is 13.7. The van der Waals surface area contributed by atoms with Crippen molar-refractivity contribution in [2.75, 3.05) is 19.7 Å². The highest BCUT2D eigenvalue weighted by molar-refractivity contribution is 5.29. The Morgan fingerprint density at radius 2 is 1.76 bits per heavy atom. The van der Waals surface area contributed by atoms with Crippen molar-refractivity contribution in [1.29, 1.82) is 0 Å². The van der Waals surface area contributed by atoms with Crippen LogP contribution in [0.1, 0.15) is 63.7 Å². The van der Waals surface area contributed by atoms with Crippen LogP contribution in [-0.4, -0.2) is 19.7 Å². The monoisotopic (exact) mass is 287 g/mol. The molecule has 21 heavy (non-hydrogen) atoms. The van der Waals surface area contributed by atoms with Crippen LogP contribution in [0.5, 0.6) is 0 Å². The molecule has 0 amide bonds. The second-order valence-corrected chi connectivity index (χ2v) is 8.01. The highest BCUT2D eigenvalue weighted by Gasteiger charge is 2.36. The molecule has 1 atom stereocenters. The average Bonchev–Trinajstić information content (AvgIpc) is 2.80. The second kappa shape index (κ2) is 5.73. The summed E-state index contributed by atoms with van der Waals surface area (Å²) in [5.74, 6) is 0. The minimum atomic E-state index is 0.207. The van der Waals surface area contributed by atoms with E-state index in [0.717, 1.165) is 19.7 Å². The Morgan fingerprint density at radius 1 is 1.10 bits per heavy atom. The molecule has 1 saturated carbocycles. The molecule has 0 radical (unpaired) electrons. The zero-order valence-corrected chi connectivity index (χ0v) is 13.7. The summed E-state index contributed by atoms with van der Waals surface area (Å²) in [5, 5.41) is 3.65. The normalized spacial score (nSPS) is 26.0. The quantitative estimate of drug-likeness (QED) is 0.835. The number of rotatable bonds is 1. The van der Waals surface area contributed by atoms with Crippen LogP contribution in [-0.2, 0) is 10.2 Å². The summed E-state index contributed by atoms with van der Waals surface area (Å²) < 4.78 is 6.29. The molecule has 1 aromatic carbocycles. The fourth-order valence-corrected chi connectivity index (χ4v) is 3.71. The van der Waals surface area contributed by atoms with E-state index in [0.29, 0.717) is 5.41 Å². The molecule has 0 bridgehead atoms. The molecule has 3 rings (SSSR count). The van der Waals surface area contributed by atoms with Crippen molar-refractivity contribution in [2.45, 2.75) is 58.0 Å². The average molecular weight is 287 g/mol. The van der Waals surface area contributed by atoms with Crippen molar-refractivity contribution in [3.05, 3.63) is 35.4 Å². The van der Waals surface area contributed by atoms with Crippen LogP contribution in [0.25, 0.3) is 0 Å². The molecule has 1 heterocycles. The second-order valence-electron chi connectivity index (χ2n) is 8.01. The van der Waals surface area contributed by atoms with Crippen molar-refractivity contribution in [2.24, 2.45) is 5.41 Å². The Kier molecular flexibility index (Phi) is 4.11. The molecule has 116 valence electrons. The van der Waals surface area contributed by atoms with Gasteiger partial charge in [0.1, 0.15) is 0 Å². The predicted molar refractivity (Wildman–Crippen MR) is 87.6 cm³/mol. The lowest BCUT2D eigenvalue weighted by molar-refractivity contribution is 0.0158. The van der Waals surface area contributed by atoms with Crippen LogP contribution >= 0.6 is 0 Å². The summed E-state index contributed by atoms with van der Waals surface area (Å²) >= 11 is 0. The van der Waals surface area contributed by atoms with E-state index < -0.39 is 0 Å². The number of hydrogen-bond acceptors (Lipinski definition) is 2. The van der Waals surface area contributed by atoms with Gasteiger partial charge < -0.3 is 10.1 Å². The molecule has 1 N–H and O–H groups in total. The van der Waals surface area contributed by atoms with Crippen molar-refractivity contribution in [3.8, 4) is 0 Å². The SMILES string of the molecule is CC(C)(C)c1ccc(C2CNCC3(CCCC3)CO2)cc1. The lowest BCUT2D eigenvalue weighted by Gasteiger charge is -2.26. The number of ether oxygens (including phenoxy) is 1. The highest BCUT2D eigenvalue weighted by atomic mass is 16.5. The Bertz CT molecular complexity index is 465. The van der Waals surface area contributed by atoms with Gasteiger partial charge in [0.2, 0.25) is 0 Å². The third-order valence-corrected chi connectivity index (χ3v) is 5.23. The summed E-state index contributed by atoms with van der Waals surface area (Å²) in [6.07, 6.45) is 5.61. The van der Waals surface area contributed by atoms with Gasteiger partial charge in [0.05, 0.1) is 12.7 Å². The summed E-state index contributed by atoms with van der Waals surface area (Å²) in [6.45, 7) is 9.77. The number of nitrogens with one attached hydrogen (secondary N) is 1. The molecule has 1 saturated heterocycles. The maximum Gasteiger partial charge on any atom is 0.0949 e. The van der Waals surface area contributed by atoms with Gasteiger partial charge in [-0.3, -0.25) is 0 Å². The fraction of sp³-hybridized carbons (Fsp3) is 0.684. The Hall–Kier alpha value is -0.860. The van der Waals surface area contributed by atoms with Gasteiger partial charge in [-0.05, 0) is 29.4 Å². The van der Waals surface area contributed by atoms with Gasteiger partial charge in [-0.25, -0.2) is 0 Å². The molecule has 2 fully saturated rings. The maximum atomic E-state index is 6.29. The Morgan fingerprint density at radius 3 is 2.38 bits per heavy atom. The first-order valence-electron chi connectivity index (χ1n) is 8.41. The molecular formula is C19H29NO. The molecule has 1 unspecified atom stereocenters. The minimum Gasteiger partial charge on any atom is -0.372 e. The lowest BCUT2D eigenvalue weighted by atomic mass is 9.86. The number of hydrogen-bond donors (Lipinski definition) is 1. The first-order chi connectivity index (χ1) is 9.99. The van der Waals surface area contributed by atoms with Crippen LogP contribution in [0, 0.1) is 5.41 Å². The molecule has 2 aliphatic rings. The topological polar surface area (TPSA) is 21.3 Å². The number of benzene rings is 1. The van der Waals surface area contributed by atoms with Crippen molar-refractivity contribution < 1.29 is 4.74 Å². The van der Waals surface area contributed by atoms with E-state index in [1.165, 1.54) is 36.8 Å². The summed E-state index contributed by atoms with van der Waals surface area (Å²) in [4.78, 5) is 0. The van der Waals surface area contributed by atoms with Gasteiger partial charge in [-0.15, -0.1) is 0 Å². The highest BCUT2D eigenvalue weighted by Crippen LogP contribution is 2.40. The van der Waals surface area contributed by atoms with Gasteiger partial charge >= 0.3 is 0 Å². The van der Waals surface area contributed by atoms with E-state index in [-0.39, 0.29) is 11.5 Å². The third-order valence-electron chi connectivity index (χ3n) is 5.23. The van der Waals surface area contributed by atoms with Gasteiger partial charge in [-0.2, -0.15) is 0 Å². The van der Waals surface area contributed by atoms with Crippen LogP contribution in [0.15, 0.2) is 24.3 Å². The predicted octanol–water partition coefficient (Wildman–Crippen LogP) is 4.21. The van der Waals surface area contributed by atoms with Crippen LogP contribution < -0.4 is 5.32 Å². The molecule has 1 aliphatic carbocycles. The van der Waals surface area contributed by atoms with E-state index in [1.807, 2.05) is 0 Å². The van der Waals surface area contributed by atoms with Gasteiger partial charge in [0.15, 0.2) is 0 Å². The van der Waals surface area contributed by atoms with Crippen molar-refractivity contribution >= 4 is 0 Å². The lowest BCUT2D eigenvalue weighted by Crippen LogP contribution is -2.32. The fourth-order valence-electron chi connectivity index (χ4n) is 3.71. The molecule has 1 aromatic rings. The van der Waals surface area contributed by atoms with Gasteiger partial charge in [-0.1, -0.05) is 57.9 Å². The minimum absolute atomic E-state index is 0.207. The Labute approximate surface area is 129 Å². The standard InChI is InChI=1S/C19H29NO/c1-18(2,3)16-8-6-15(7-9-16)17-12-20-13-19(14-21-17)10-4-5-11-19/h6-9,17,20H,4-5,10-14H2,1-3H3. The van der Waals surface area contributed by atoms with Crippen LogP contribution in [0.3, 0.4) is 0 Å². The molecule has 2 heteroatoms. The molecular weight excluding hydrogens is 258 g/mol. The third kappa shape index (κ3) is 3.32. The first kappa shape index (κ1) is 15.1. The largest absolute Gasteiger partial charge is 0.372 e. The smallest absolute Gasteiger partial charge is 0.0949 e. The summed E-state index contributed by atoms with van der Waals surface area (Å²) in [5.41, 5.74) is 3.33. The molecule has 1 aliphatic heterocycles. The first-order valence-corrected chi connectivity index (χ1v) is 8.41. The molecule has 0 aromatic heterocycles. The van der Waals surface area contributed by atoms with E-state index >= 15 is 0 Å². The zero-order chi connectivity index (χ0) is 14.9. The van der Waals surface area contributed by atoms with E-state index in [9.17, 15) is 0 Å². The van der Waals surface area contributed by atoms with E-state index in [2.05, 4.69) is 50.4 Å². The van der Waals surface area contributed by atoms with Crippen molar-refractivity contribution in [3.63, 3.8) is 0 Å². The van der Waals surface area contributed by atoms with E-state index in [4.69, 9.17) is 4.74 Å². The molecule has 2 nitrogen and oxygen atoms in total. The van der Waals surface area contributed by atoms with E-state index in [1.54, 1.807) is 0 Å². The van der Waals surface area contributed by atoms with Crippen LogP contribution in [0.2, 0.25) is 0 Å². The summed E-state index contributed by atoms with van der Waals surface area (Å²) in [7, 11) is 0. The molecule has 1 spiro atoms. The summed E-state index contributed by atoms with van der Waals surface area (Å²) in [6, 6.07) is 9.02. The van der Waals surface area contributed by atoms with Gasteiger partial charge in [0, 0.05) is 18.5 Å². The van der Waals surface area contributed by atoms with Crippen LogP contribution in [0.4, 0.5) is 0 Å². The Balaban J connectivity index is 1.69.